The molecule has 4 nitrogen and oxygen atoms in total. The lowest BCUT2D eigenvalue weighted by Crippen LogP contribution is -2.34. The molecule has 0 spiro atoms. The van der Waals surface area contributed by atoms with E-state index in [4.69, 9.17) is 5.73 Å². The monoisotopic (exact) mass is 220 g/mol. The third-order valence-corrected chi connectivity index (χ3v) is 3.08. The number of carbonyl (C=O) groups excluding carboxylic acids is 1. The Labute approximate surface area is 94.7 Å². The highest BCUT2D eigenvalue weighted by atomic mass is 16.3. The van der Waals surface area contributed by atoms with E-state index >= 15 is 0 Å². The molecule has 1 aliphatic heterocycles. The van der Waals surface area contributed by atoms with E-state index in [1.807, 2.05) is 11.8 Å². The van der Waals surface area contributed by atoms with Gasteiger partial charge < -0.3 is 15.7 Å². The number of carbonyl (C=O) groups is 1. The van der Waals surface area contributed by atoms with Crippen LogP contribution in [0.25, 0.3) is 0 Å². The van der Waals surface area contributed by atoms with Gasteiger partial charge in [-0.1, -0.05) is 0 Å². The average molecular weight is 220 g/mol. The summed E-state index contributed by atoms with van der Waals surface area (Å²) < 4.78 is 0. The normalized spacial score (nSPS) is 20.1. The molecular formula is C12H16N2O2. The Morgan fingerprint density at radius 1 is 1.56 bits per heavy atom. The lowest BCUT2D eigenvalue weighted by atomic mass is 10.1. The molecule has 0 aliphatic carbocycles. The van der Waals surface area contributed by atoms with Gasteiger partial charge in [0.05, 0.1) is 5.56 Å². The van der Waals surface area contributed by atoms with Gasteiger partial charge in [-0.05, 0) is 38.0 Å². The Balaban J connectivity index is 2.29. The van der Waals surface area contributed by atoms with Crippen LogP contribution in [-0.4, -0.2) is 28.5 Å². The summed E-state index contributed by atoms with van der Waals surface area (Å²) in [6.45, 7) is 2.80. The summed E-state index contributed by atoms with van der Waals surface area (Å²) in [7, 11) is 0. The van der Waals surface area contributed by atoms with E-state index in [1.165, 1.54) is 12.1 Å². The lowest BCUT2D eigenvalue weighted by Gasteiger charge is -2.22. The van der Waals surface area contributed by atoms with Gasteiger partial charge in [0.2, 0.25) is 0 Å². The van der Waals surface area contributed by atoms with Crippen LogP contribution >= 0.6 is 0 Å². The zero-order valence-electron chi connectivity index (χ0n) is 9.31. The Kier molecular flexibility index (Phi) is 2.73. The van der Waals surface area contributed by atoms with Crippen molar-refractivity contribution in [1.29, 1.82) is 0 Å². The molecule has 1 fully saturated rings. The smallest absolute Gasteiger partial charge is 0.256 e. The van der Waals surface area contributed by atoms with E-state index < -0.39 is 0 Å². The van der Waals surface area contributed by atoms with E-state index in [2.05, 4.69) is 0 Å². The van der Waals surface area contributed by atoms with Crippen molar-refractivity contribution in [2.24, 2.45) is 0 Å². The number of hydrogen-bond acceptors (Lipinski definition) is 3. The van der Waals surface area contributed by atoms with Gasteiger partial charge in [-0.2, -0.15) is 0 Å². The molecular weight excluding hydrogens is 204 g/mol. The van der Waals surface area contributed by atoms with Crippen LogP contribution in [0.15, 0.2) is 18.2 Å². The molecule has 0 aromatic heterocycles. The van der Waals surface area contributed by atoms with Gasteiger partial charge in [0.15, 0.2) is 0 Å². The molecule has 1 amide bonds. The molecule has 1 aromatic carbocycles. The molecule has 1 atom stereocenters. The minimum atomic E-state index is -0.0848. The zero-order valence-corrected chi connectivity index (χ0v) is 9.31. The second-order valence-electron chi connectivity index (χ2n) is 4.26. The average Bonchev–Trinajstić information content (AvgIpc) is 2.67. The van der Waals surface area contributed by atoms with Crippen molar-refractivity contribution >= 4 is 11.6 Å². The van der Waals surface area contributed by atoms with Crippen molar-refractivity contribution in [2.75, 3.05) is 12.3 Å². The zero-order chi connectivity index (χ0) is 11.7. The highest BCUT2D eigenvalue weighted by molar-refractivity contribution is 5.99. The molecule has 3 N–H and O–H groups in total. The number of rotatable bonds is 1. The summed E-state index contributed by atoms with van der Waals surface area (Å²) in [5.74, 6) is -0.0113. The van der Waals surface area contributed by atoms with Crippen LogP contribution < -0.4 is 5.73 Å². The molecule has 2 rings (SSSR count). The van der Waals surface area contributed by atoms with Crippen LogP contribution in [0.5, 0.6) is 5.75 Å². The Morgan fingerprint density at radius 2 is 2.31 bits per heavy atom. The van der Waals surface area contributed by atoms with Gasteiger partial charge >= 0.3 is 0 Å². The van der Waals surface area contributed by atoms with Gasteiger partial charge in [0.25, 0.3) is 5.91 Å². The summed E-state index contributed by atoms with van der Waals surface area (Å²) in [5.41, 5.74) is 6.56. The van der Waals surface area contributed by atoms with E-state index in [0.29, 0.717) is 11.3 Å². The Bertz CT molecular complexity index is 417. The molecule has 1 aliphatic rings. The first-order chi connectivity index (χ1) is 7.59. The van der Waals surface area contributed by atoms with Gasteiger partial charge in [0, 0.05) is 18.3 Å². The standard InChI is InChI=1S/C12H16N2O2/c1-8-3-2-6-14(8)12(16)10-7-9(15)4-5-11(10)13/h4-5,7-8,15H,2-3,6,13H2,1H3. The van der Waals surface area contributed by atoms with E-state index in [9.17, 15) is 9.90 Å². The summed E-state index contributed by atoms with van der Waals surface area (Å²) >= 11 is 0. The number of aromatic hydroxyl groups is 1. The van der Waals surface area contributed by atoms with Gasteiger partial charge in [-0.15, -0.1) is 0 Å². The fourth-order valence-electron chi connectivity index (χ4n) is 2.12. The maximum absolute atomic E-state index is 12.2. The summed E-state index contributed by atoms with van der Waals surface area (Å²) in [6, 6.07) is 4.74. The number of nitrogen functional groups attached to an aromatic ring is 1. The third-order valence-electron chi connectivity index (χ3n) is 3.08. The van der Waals surface area contributed by atoms with Crippen molar-refractivity contribution in [3.05, 3.63) is 23.8 Å². The van der Waals surface area contributed by atoms with Crippen molar-refractivity contribution in [3.63, 3.8) is 0 Å². The maximum atomic E-state index is 12.2. The molecule has 0 bridgehead atoms. The molecule has 0 radical (unpaired) electrons. The van der Waals surface area contributed by atoms with Crippen molar-refractivity contribution < 1.29 is 9.90 Å². The minimum Gasteiger partial charge on any atom is -0.508 e. The Hall–Kier alpha value is -1.71. The number of nitrogens with two attached hydrogens (primary N) is 1. The Morgan fingerprint density at radius 3 is 2.94 bits per heavy atom. The van der Waals surface area contributed by atoms with E-state index in [-0.39, 0.29) is 17.7 Å². The van der Waals surface area contributed by atoms with Crippen molar-refractivity contribution in [2.45, 2.75) is 25.8 Å². The van der Waals surface area contributed by atoms with Crippen LogP contribution in [0.2, 0.25) is 0 Å². The first kappa shape index (κ1) is 10.8. The van der Waals surface area contributed by atoms with Gasteiger partial charge in [-0.25, -0.2) is 0 Å². The predicted octanol–water partition coefficient (Wildman–Crippen LogP) is 1.60. The number of nitrogens with zero attached hydrogens (tertiary/aromatic N) is 1. The van der Waals surface area contributed by atoms with Crippen molar-refractivity contribution in [1.82, 2.24) is 4.90 Å². The summed E-state index contributed by atoms with van der Waals surface area (Å²) in [5, 5.41) is 9.37. The number of phenols is 1. The van der Waals surface area contributed by atoms with Crippen LogP contribution in [0.4, 0.5) is 5.69 Å². The quantitative estimate of drug-likeness (QED) is 0.558. The molecule has 0 saturated carbocycles. The van der Waals surface area contributed by atoms with Crippen molar-refractivity contribution in [3.8, 4) is 5.75 Å². The maximum Gasteiger partial charge on any atom is 0.256 e. The molecule has 1 aromatic rings. The first-order valence-corrected chi connectivity index (χ1v) is 5.49. The number of anilines is 1. The number of amides is 1. The number of benzene rings is 1. The third kappa shape index (κ3) is 1.83. The van der Waals surface area contributed by atoms with Gasteiger partial charge in [-0.3, -0.25) is 4.79 Å². The first-order valence-electron chi connectivity index (χ1n) is 5.49. The lowest BCUT2D eigenvalue weighted by molar-refractivity contribution is 0.0748. The van der Waals surface area contributed by atoms with Crippen LogP contribution in [0.1, 0.15) is 30.1 Å². The van der Waals surface area contributed by atoms with Gasteiger partial charge in [0.1, 0.15) is 5.75 Å². The minimum absolute atomic E-state index is 0.0735. The van der Waals surface area contributed by atoms with E-state index in [1.54, 1.807) is 6.07 Å². The highest BCUT2D eigenvalue weighted by Gasteiger charge is 2.27. The fraction of sp³-hybridized carbons (Fsp3) is 0.417. The molecule has 16 heavy (non-hydrogen) atoms. The predicted molar refractivity (Wildman–Crippen MR) is 62.3 cm³/mol. The topological polar surface area (TPSA) is 66.6 Å². The van der Waals surface area contributed by atoms with Crippen LogP contribution in [0.3, 0.4) is 0 Å². The number of phenolic OH excluding ortho intramolecular Hbond substituents is 1. The number of likely N-dealkylation sites (tertiary alicyclic amines) is 1. The fourth-order valence-corrected chi connectivity index (χ4v) is 2.12. The molecule has 4 heteroatoms. The second kappa shape index (κ2) is 4.04. The molecule has 1 heterocycles. The molecule has 1 saturated heterocycles. The molecule has 86 valence electrons. The second-order valence-corrected chi connectivity index (χ2v) is 4.26. The highest BCUT2D eigenvalue weighted by Crippen LogP contribution is 2.24. The van der Waals surface area contributed by atoms with E-state index in [0.717, 1.165) is 19.4 Å². The number of hydrogen-bond donors (Lipinski definition) is 2. The summed E-state index contributed by atoms with van der Waals surface area (Å²) in [4.78, 5) is 14.0. The van der Waals surface area contributed by atoms with Crippen LogP contribution in [0, 0.1) is 0 Å². The summed E-state index contributed by atoms with van der Waals surface area (Å²) in [6.07, 6.45) is 2.07. The largest absolute Gasteiger partial charge is 0.508 e. The SMILES string of the molecule is CC1CCCN1C(=O)c1cc(O)ccc1N. The van der Waals surface area contributed by atoms with Crippen LogP contribution in [-0.2, 0) is 0 Å². The molecule has 1 unspecified atom stereocenters.